The molecule has 0 bridgehead atoms. The number of carbonyl (C=O) groups excluding carboxylic acids is 1. The quantitative estimate of drug-likeness (QED) is 0.128. The summed E-state index contributed by atoms with van der Waals surface area (Å²) in [5.41, 5.74) is 8.37. The summed E-state index contributed by atoms with van der Waals surface area (Å²) in [5.74, 6) is 1.14. The summed E-state index contributed by atoms with van der Waals surface area (Å²) in [6.07, 6.45) is 12.6. The van der Waals surface area contributed by atoms with Crippen LogP contribution >= 0.6 is 0 Å². The minimum absolute atomic E-state index is 0.0964. The van der Waals surface area contributed by atoms with Gasteiger partial charge < -0.3 is 24.3 Å². The zero-order valence-corrected chi connectivity index (χ0v) is 29.6. The third kappa shape index (κ3) is 8.88. The summed E-state index contributed by atoms with van der Waals surface area (Å²) in [4.78, 5) is 21.1. The predicted molar refractivity (Wildman–Crippen MR) is 199 cm³/mol. The van der Waals surface area contributed by atoms with E-state index in [2.05, 4.69) is 64.0 Å². The van der Waals surface area contributed by atoms with Gasteiger partial charge in [0.25, 0.3) is 5.91 Å². The Bertz CT molecular complexity index is 1760. The molecule has 2 aliphatic rings. The van der Waals surface area contributed by atoms with E-state index in [4.69, 9.17) is 9.47 Å². The number of imidazole rings is 1. The van der Waals surface area contributed by atoms with E-state index in [0.29, 0.717) is 31.1 Å². The van der Waals surface area contributed by atoms with Crippen LogP contribution in [0, 0.1) is 0 Å². The number of rotatable bonds is 15. The van der Waals surface area contributed by atoms with E-state index in [-0.39, 0.29) is 5.91 Å². The molecule has 9 heteroatoms. The first-order valence-corrected chi connectivity index (χ1v) is 19.1. The molecule has 8 nitrogen and oxygen atoms in total. The number of nitrogens with zero attached hydrogens (tertiary/aromatic N) is 3. The summed E-state index contributed by atoms with van der Waals surface area (Å²) < 4.78 is 26.7. The SMILES string of the molecule is CCCCOCCOc1ccc(-c2cc3c4c(c2)CCCN4CCC/C(C(=O)Nc2ccc([S@@](=O)Cc4cncn4CCC)cc2)=C\3)cc1. The van der Waals surface area contributed by atoms with Crippen LogP contribution < -0.4 is 15.0 Å². The Labute approximate surface area is 293 Å². The first kappa shape index (κ1) is 34.6. The van der Waals surface area contributed by atoms with E-state index in [1.807, 2.05) is 36.4 Å². The van der Waals surface area contributed by atoms with Gasteiger partial charge in [-0.25, -0.2) is 4.98 Å². The van der Waals surface area contributed by atoms with E-state index < -0.39 is 10.8 Å². The van der Waals surface area contributed by atoms with Gasteiger partial charge in [0.05, 0.1) is 35.2 Å². The lowest BCUT2D eigenvalue weighted by Crippen LogP contribution is -2.32. The smallest absolute Gasteiger partial charge is 0.251 e. The number of hydrogen-bond donors (Lipinski definition) is 1. The van der Waals surface area contributed by atoms with Crippen molar-refractivity contribution in [1.82, 2.24) is 9.55 Å². The van der Waals surface area contributed by atoms with Crippen molar-refractivity contribution in [3.8, 4) is 16.9 Å². The molecule has 258 valence electrons. The van der Waals surface area contributed by atoms with Crippen molar-refractivity contribution in [3.63, 3.8) is 0 Å². The molecule has 0 saturated heterocycles. The van der Waals surface area contributed by atoms with Crippen molar-refractivity contribution in [1.29, 1.82) is 0 Å². The van der Waals surface area contributed by atoms with Crippen LogP contribution in [0.2, 0.25) is 0 Å². The number of hydrogen-bond acceptors (Lipinski definition) is 6. The van der Waals surface area contributed by atoms with Crippen LogP contribution in [-0.4, -0.2) is 52.6 Å². The average molecular weight is 681 g/mol. The number of aryl methyl sites for hydroxylation is 2. The van der Waals surface area contributed by atoms with Gasteiger partial charge in [0.1, 0.15) is 12.4 Å². The van der Waals surface area contributed by atoms with Crippen molar-refractivity contribution in [2.75, 3.05) is 43.1 Å². The molecule has 2 aliphatic heterocycles. The van der Waals surface area contributed by atoms with Gasteiger partial charge in [-0.05, 0) is 115 Å². The zero-order valence-electron chi connectivity index (χ0n) is 28.8. The van der Waals surface area contributed by atoms with Gasteiger partial charge in [0.2, 0.25) is 0 Å². The average Bonchev–Trinajstić information content (AvgIpc) is 3.54. The minimum atomic E-state index is -1.21. The van der Waals surface area contributed by atoms with Crippen molar-refractivity contribution in [2.45, 2.75) is 76.0 Å². The molecule has 0 fully saturated rings. The van der Waals surface area contributed by atoms with Crippen LogP contribution in [0.1, 0.15) is 69.2 Å². The van der Waals surface area contributed by atoms with Gasteiger partial charge in [-0.15, -0.1) is 0 Å². The van der Waals surface area contributed by atoms with Crippen LogP contribution in [-0.2, 0) is 39.0 Å². The number of unbranched alkanes of at least 4 members (excludes halogenated alkanes) is 1. The Morgan fingerprint density at radius 2 is 1.71 bits per heavy atom. The fourth-order valence-corrected chi connectivity index (χ4v) is 7.72. The van der Waals surface area contributed by atoms with Crippen molar-refractivity contribution in [2.24, 2.45) is 0 Å². The first-order chi connectivity index (χ1) is 24.0. The summed E-state index contributed by atoms with van der Waals surface area (Å²) >= 11 is 0. The molecule has 1 aromatic heterocycles. The summed E-state index contributed by atoms with van der Waals surface area (Å²) in [7, 11) is -1.21. The lowest BCUT2D eigenvalue weighted by molar-refractivity contribution is -0.112. The summed E-state index contributed by atoms with van der Waals surface area (Å²) in [5, 5.41) is 3.11. The Morgan fingerprint density at radius 1 is 0.918 bits per heavy atom. The maximum absolute atomic E-state index is 13.7. The van der Waals surface area contributed by atoms with Gasteiger partial charge >= 0.3 is 0 Å². The molecule has 0 aliphatic carbocycles. The maximum atomic E-state index is 13.7. The van der Waals surface area contributed by atoms with Gasteiger partial charge in [-0.2, -0.15) is 0 Å². The molecule has 0 unspecified atom stereocenters. The largest absolute Gasteiger partial charge is 0.491 e. The van der Waals surface area contributed by atoms with Gasteiger partial charge in [-0.1, -0.05) is 32.4 Å². The molecule has 3 aromatic carbocycles. The van der Waals surface area contributed by atoms with Crippen LogP contribution in [0.25, 0.3) is 17.2 Å². The van der Waals surface area contributed by atoms with Crippen LogP contribution in [0.15, 0.2) is 83.7 Å². The molecule has 1 atom stereocenters. The topological polar surface area (TPSA) is 85.7 Å². The minimum Gasteiger partial charge on any atom is -0.491 e. The van der Waals surface area contributed by atoms with E-state index in [1.165, 1.54) is 11.3 Å². The number of carbonyl (C=O) groups is 1. The second-order valence-corrected chi connectivity index (χ2v) is 14.3. The Morgan fingerprint density at radius 3 is 2.49 bits per heavy atom. The molecule has 0 saturated carbocycles. The Hall–Kier alpha value is -4.21. The number of benzene rings is 3. The lowest BCUT2D eigenvalue weighted by atomic mass is 9.89. The molecule has 3 heterocycles. The van der Waals surface area contributed by atoms with Crippen LogP contribution in [0.5, 0.6) is 5.75 Å². The summed E-state index contributed by atoms with van der Waals surface area (Å²) in [6.45, 7) is 9.00. The highest BCUT2D eigenvalue weighted by atomic mass is 32.2. The highest BCUT2D eigenvalue weighted by molar-refractivity contribution is 7.84. The third-order valence-electron chi connectivity index (χ3n) is 9.15. The van der Waals surface area contributed by atoms with Crippen molar-refractivity contribution >= 4 is 34.2 Å². The monoisotopic (exact) mass is 680 g/mol. The number of aromatic nitrogens is 2. The standard InChI is InChI=1S/C40H48N4O4S/c1-3-5-21-47-22-23-48-37-14-10-30(11-15-37)33-24-31-8-6-19-43-20-7-9-32(25-34(26-33)39(31)43)40(45)42-35-12-16-38(17-13-35)49(46)28-36-27-41-29-44(36)18-4-2/h10-17,24-27,29H,3-9,18-23,28H2,1-2H3,(H,42,45)/b32-25+/t49-/m0/s1. The number of amides is 1. The highest BCUT2D eigenvalue weighted by Crippen LogP contribution is 2.39. The van der Waals surface area contributed by atoms with E-state index >= 15 is 0 Å². The zero-order chi connectivity index (χ0) is 34.0. The third-order valence-corrected chi connectivity index (χ3v) is 10.5. The number of ether oxygens (including phenoxy) is 2. The normalized spacial score (nSPS) is 15.8. The van der Waals surface area contributed by atoms with Crippen LogP contribution in [0.3, 0.4) is 0 Å². The molecule has 0 radical (unpaired) electrons. The molecule has 0 spiro atoms. The maximum Gasteiger partial charge on any atom is 0.251 e. The summed E-state index contributed by atoms with van der Waals surface area (Å²) in [6, 6.07) is 20.2. The fraction of sp³-hybridized carbons (Fsp3) is 0.400. The molecule has 1 amide bonds. The van der Waals surface area contributed by atoms with Crippen molar-refractivity contribution in [3.05, 3.63) is 95.6 Å². The second kappa shape index (κ2) is 16.9. The van der Waals surface area contributed by atoms with Crippen LogP contribution in [0.4, 0.5) is 11.4 Å². The first-order valence-electron chi connectivity index (χ1n) is 17.7. The second-order valence-electron chi connectivity index (χ2n) is 12.8. The van der Waals surface area contributed by atoms with E-state index in [9.17, 15) is 9.00 Å². The predicted octanol–water partition coefficient (Wildman–Crippen LogP) is 8.03. The van der Waals surface area contributed by atoms with E-state index in [0.717, 1.165) is 103 Å². The number of anilines is 2. The van der Waals surface area contributed by atoms with Gasteiger partial charge in [0, 0.05) is 54.3 Å². The van der Waals surface area contributed by atoms with Gasteiger partial charge in [-0.3, -0.25) is 9.00 Å². The highest BCUT2D eigenvalue weighted by Gasteiger charge is 2.24. The van der Waals surface area contributed by atoms with Crippen molar-refractivity contribution < 1.29 is 18.5 Å². The lowest BCUT2D eigenvalue weighted by Gasteiger charge is -2.35. The Balaban J connectivity index is 1.16. The molecule has 1 N–H and O–H groups in total. The fourth-order valence-electron chi connectivity index (χ4n) is 6.61. The van der Waals surface area contributed by atoms with Gasteiger partial charge in [0.15, 0.2) is 0 Å². The molecular weight excluding hydrogens is 633 g/mol. The Kier molecular flexibility index (Phi) is 12.0. The molecule has 4 aromatic rings. The number of nitrogens with one attached hydrogen (secondary N) is 1. The molecular formula is C40H48N4O4S. The molecule has 6 rings (SSSR count). The van der Waals surface area contributed by atoms with E-state index in [1.54, 1.807) is 12.5 Å². The molecule has 49 heavy (non-hydrogen) atoms.